The minimum Gasteiger partial charge on any atom is -0.454 e. The fourth-order valence-corrected chi connectivity index (χ4v) is 5.15. The Hall–Kier alpha value is -4.87. The molecule has 1 fully saturated rings. The number of rotatable bonds is 10. The lowest BCUT2D eigenvalue weighted by atomic mass is 10.0. The molecule has 2 aromatic heterocycles. The Balaban J connectivity index is 1.18. The largest absolute Gasteiger partial charge is 0.454 e. The fraction of sp³-hybridized carbons (Fsp3) is 0.290. The molecule has 9 nitrogen and oxygen atoms in total. The molecule has 2 aromatic carbocycles. The van der Waals surface area contributed by atoms with E-state index in [-0.39, 0.29) is 30.8 Å². The molecule has 43 heavy (non-hydrogen) atoms. The summed E-state index contributed by atoms with van der Waals surface area (Å²) in [6.07, 6.45) is 0.416. The predicted octanol–water partition coefficient (Wildman–Crippen LogP) is 4.72. The maximum absolute atomic E-state index is 14.1. The number of amides is 3. The highest BCUT2D eigenvalue weighted by Crippen LogP contribution is 2.29. The average Bonchev–Trinajstić information content (AvgIpc) is 3.60. The molecule has 12 heteroatoms. The van der Waals surface area contributed by atoms with E-state index in [1.807, 2.05) is 6.07 Å². The van der Waals surface area contributed by atoms with Crippen molar-refractivity contribution in [2.24, 2.45) is 5.92 Å². The summed E-state index contributed by atoms with van der Waals surface area (Å²) in [5.41, 5.74) is 2.56. The Morgan fingerprint density at radius 2 is 1.88 bits per heavy atom. The van der Waals surface area contributed by atoms with Crippen LogP contribution >= 0.6 is 0 Å². The Kier molecular flexibility index (Phi) is 8.93. The van der Waals surface area contributed by atoms with Gasteiger partial charge in [-0.2, -0.15) is 0 Å². The van der Waals surface area contributed by atoms with Crippen molar-refractivity contribution >= 4 is 28.6 Å². The van der Waals surface area contributed by atoms with Crippen LogP contribution in [-0.4, -0.2) is 58.1 Å². The first-order chi connectivity index (χ1) is 20.7. The van der Waals surface area contributed by atoms with E-state index < -0.39 is 54.9 Å². The highest BCUT2D eigenvalue weighted by atomic mass is 19.3. The number of nitrogens with zero attached hydrogens (tertiary/aromatic N) is 2. The summed E-state index contributed by atoms with van der Waals surface area (Å²) in [5, 5.41) is 6.19. The van der Waals surface area contributed by atoms with Gasteiger partial charge in [-0.1, -0.05) is 6.07 Å². The van der Waals surface area contributed by atoms with Gasteiger partial charge in [-0.15, -0.1) is 0 Å². The number of aromatic amines is 1. The zero-order valence-corrected chi connectivity index (χ0v) is 23.3. The number of pyridine rings is 1. The standard InChI is InChI=1S/C31H30F3N5O4/c1-18-2-7-27(24(32)10-18)43-23-5-3-20(4-6-23)30(41)37-16-29(40)39-17-19(12-28(33)34)11-26(39)31(42)36-15-22-13-21-14-35-9-8-25(21)38-22/h2-10,13-14,19,26,28,38H,11-12,15-17H2,1H3,(H,36,42)(H,37,41)/t19-,26-/m0/s1. The average molecular weight is 594 g/mol. The third kappa shape index (κ3) is 7.32. The number of hydrogen-bond donors (Lipinski definition) is 3. The Labute approximate surface area is 245 Å². The van der Waals surface area contributed by atoms with Crippen molar-refractivity contribution in [3.05, 3.63) is 89.6 Å². The van der Waals surface area contributed by atoms with Gasteiger partial charge in [0.2, 0.25) is 18.2 Å². The van der Waals surface area contributed by atoms with Crippen molar-refractivity contribution < 1.29 is 32.3 Å². The van der Waals surface area contributed by atoms with Gasteiger partial charge in [-0.25, -0.2) is 13.2 Å². The Bertz CT molecular complexity index is 1590. The van der Waals surface area contributed by atoms with Gasteiger partial charge in [-0.3, -0.25) is 19.4 Å². The first-order valence-electron chi connectivity index (χ1n) is 13.8. The smallest absolute Gasteiger partial charge is 0.251 e. The van der Waals surface area contributed by atoms with Gasteiger partial charge in [0.15, 0.2) is 11.6 Å². The molecule has 1 aliphatic rings. The number of aryl methyl sites for hydroxylation is 1. The molecular weight excluding hydrogens is 563 g/mol. The van der Waals surface area contributed by atoms with Crippen LogP contribution in [-0.2, 0) is 16.1 Å². The first kappa shape index (κ1) is 29.6. The number of likely N-dealkylation sites (tertiary alicyclic amines) is 1. The van der Waals surface area contributed by atoms with Crippen molar-refractivity contribution in [2.45, 2.75) is 38.8 Å². The predicted molar refractivity (Wildman–Crippen MR) is 152 cm³/mol. The lowest BCUT2D eigenvalue weighted by molar-refractivity contribution is -0.137. The summed E-state index contributed by atoms with van der Waals surface area (Å²) in [6, 6.07) is 13.2. The highest BCUT2D eigenvalue weighted by Gasteiger charge is 2.40. The Morgan fingerprint density at radius 3 is 2.60 bits per heavy atom. The fourth-order valence-electron chi connectivity index (χ4n) is 5.15. The molecule has 1 saturated heterocycles. The molecule has 3 N–H and O–H groups in total. The molecule has 0 aliphatic carbocycles. The van der Waals surface area contributed by atoms with Crippen LogP contribution in [0.3, 0.4) is 0 Å². The number of aromatic nitrogens is 2. The number of fused-ring (bicyclic) bond motifs is 1. The maximum atomic E-state index is 14.1. The third-order valence-corrected chi connectivity index (χ3v) is 7.28. The van der Waals surface area contributed by atoms with Crippen LogP contribution in [0.5, 0.6) is 11.5 Å². The van der Waals surface area contributed by atoms with Crippen LogP contribution in [0.2, 0.25) is 0 Å². The number of nitrogens with one attached hydrogen (secondary N) is 3. The molecule has 0 radical (unpaired) electrons. The summed E-state index contributed by atoms with van der Waals surface area (Å²) < 4.78 is 45.9. The topological polar surface area (TPSA) is 116 Å². The second kappa shape index (κ2) is 13.0. The van der Waals surface area contributed by atoms with Gasteiger partial charge in [-0.05, 0) is 73.4 Å². The number of alkyl halides is 2. The number of carbonyl (C=O) groups is 3. The number of ether oxygens (including phenoxy) is 1. The van der Waals surface area contributed by atoms with Crippen molar-refractivity contribution in [1.82, 2.24) is 25.5 Å². The molecule has 0 bridgehead atoms. The molecular formula is C31H30F3N5O4. The van der Waals surface area contributed by atoms with E-state index in [9.17, 15) is 27.6 Å². The number of carbonyl (C=O) groups excluding carboxylic acids is 3. The summed E-state index contributed by atoms with van der Waals surface area (Å²) in [7, 11) is 0. The third-order valence-electron chi connectivity index (χ3n) is 7.28. The van der Waals surface area contributed by atoms with E-state index in [0.29, 0.717) is 5.75 Å². The van der Waals surface area contributed by atoms with Crippen LogP contribution in [0.1, 0.15) is 34.5 Å². The zero-order valence-electron chi connectivity index (χ0n) is 23.3. The lowest BCUT2D eigenvalue weighted by Crippen LogP contribution is -2.48. The van der Waals surface area contributed by atoms with Crippen LogP contribution in [0.25, 0.3) is 10.9 Å². The Morgan fingerprint density at radius 1 is 1.09 bits per heavy atom. The lowest BCUT2D eigenvalue weighted by Gasteiger charge is -2.24. The quantitative estimate of drug-likeness (QED) is 0.246. The molecule has 0 spiro atoms. The van der Waals surface area contributed by atoms with Crippen LogP contribution in [0, 0.1) is 18.7 Å². The number of benzene rings is 2. The normalized spacial score (nSPS) is 16.4. The van der Waals surface area contributed by atoms with Crippen LogP contribution < -0.4 is 15.4 Å². The first-order valence-corrected chi connectivity index (χ1v) is 13.8. The molecule has 4 aromatic rings. The molecule has 224 valence electrons. The van der Waals surface area contributed by atoms with Crippen molar-refractivity contribution in [1.29, 1.82) is 0 Å². The van der Waals surface area contributed by atoms with Crippen molar-refractivity contribution in [3.8, 4) is 11.5 Å². The zero-order chi connectivity index (χ0) is 30.5. The SMILES string of the molecule is Cc1ccc(Oc2ccc(C(=O)NCC(=O)N3C[C@H](CC(F)F)C[C@H]3C(=O)NCc3cc4cnccc4[nH]3)cc2)c(F)c1. The van der Waals surface area contributed by atoms with Crippen LogP contribution in [0.4, 0.5) is 13.2 Å². The highest BCUT2D eigenvalue weighted by molar-refractivity contribution is 5.97. The van der Waals surface area contributed by atoms with E-state index >= 15 is 0 Å². The van der Waals surface area contributed by atoms with E-state index in [4.69, 9.17) is 4.74 Å². The number of hydrogen-bond acceptors (Lipinski definition) is 5. The summed E-state index contributed by atoms with van der Waals surface area (Å²) in [6.45, 7) is 1.47. The van der Waals surface area contributed by atoms with Crippen molar-refractivity contribution in [2.75, 3.05) is 13.1 Å². The second-order valence-corrected chi connectivity index (χ2v) is 10.5. The molecule has 1 aliphatic heterocycles. The molecule has 0 unspecified atom stereocenters. The van der Waals surface area contributed by atoms with E-state index in [1.54, 1.807) is 31.5 Å². The van der Waals surface area contributed by atoms with Gasteiger partial charge in [0.25, 0.3) is 5.91 Å². The molecule has 3 heterocycles. The monoisotopic (exact) mass is 593 g/mol. The minimum atomic E-state index is -2.57. The molecule has 0 saturated carbocycles. The van der Waals surface area contributed by atoms with E-state index in [1.165, 1.54) is 41.3 Å². The number of H-pyrrole nitrogens is 1. The van der Waals surface area contributed by atoms with Gasteiger partial charge in [0, 0.05) is 47.5 Å². The minimum absolute atomic E-state index is 0.0171. The maximum Gasteiger partial charge on any atom is 0.251 e. The van der Waals surface area contributed by atoms with E-state index in [2.05, 4.69) is 20.6 Å². The summed E-state index contributed by atoms with van der Waals surface area (Å²) >= 11 is 0. The summed E-state index contributed by atoms with van der Waals surface area (Å²) in [5.74, 6) is -2.29. The number of halogens is 3. The van der Waals surface area contributed by atoms with Gasteiger partial charge < -0.3 is 25.3 Å². The van der Waals surface area contributed by atoms with Gasteiger partial charge >= 0.3 is 0 Å². The molecule has 3 amide bonds. The van der Waals surface area contributed by atoms with Gasteiger partial charge in [0.05, 0.1) is 13.1 Å². The summed E-state index contributed by atoms with van der Waals surface area (Å²) in [4.78, 5) is 47.4. The van der Waals surface area contributed by atoms with Crippen molar-refractivity contribution in [3.63, 3.8) is 0 Å². The second-order valence-electron chi connectivity index (χ2n) is 10.5. The molecule has 2 atom stereocenters. The van der Waals surface area contributed by atoms with E-state index in [0.717, 1.165) is 22.2 Å². The molecule has 5 rings (SSSR count). The van der Waals surface area contributed by atoms with Gasteiger partial charge in [0.1, 0.15) is 11.8 Å². The van der Waals surface area contributed by atoms with Crippen LogP contribution in [0.15, 0.2) is 67.0 Å².